The molecule has 0 aliphatic carbocycles. The number of likely N-dealkylation sites (tertiary alicyclic amines) is 1. The van der Waals surface area contributed by atoms with Gasteiger partial charge in [0.1, 0.15) is 0 Å². The summed E-state index contributed by atoms with van der Waals surface area (Å²) < 4.78 is 0. The lowest BCUT2D eigenvalue weighted by Crippen LogP contribution is -2.55. The average molecular weight is 396 g/mol. The van der Waals surface area contributed by atoms with Crippen LogP contribution in [0.15, 0.2) is 24.3 Å². The number of hydrogen-bond donors (Lipinski definition) is 2. The summed E-state index contributed by atoms with van der Waals surface area (Å²) in [7, 11) is 0. The Morgan fingerprint density at radius 3 is 2.81 bits per heavy atom. The first-order chi connectivity index (χ1) is 12.4. The van der Waals surface area contributed by atoms with Crippen LogP contribution in [0.2, 0.25) is 5.02 Å². The largest absolute Gasteiger partial charge is 0.352 e. The molecule has 0 unspecified atom stereocenters. The molecule has 1 aromatic carbocycles. The molecule has 2 fully saturated rings. The van der Waals surface area contributed by atoms with Gasteiger partial charge in [0.05, 0.1) is 10.9 Å². The van der Waals surface area contributed by atoms with E-state index in [0.717, 1.165) is 25.0 Å². The smallest absolute Gasteiger partial charge is 0.253 e. The molecule has 2 aliphatic rings. The molecule has 1 aromatic rings. The second kappa shape index (κ2) is 8.19. The van der Waals surface area contributed by atoms with Crippen molar-refractivity contribution in [2.75, 3.05) is 18.8 Å². The highest BCUT2D eigenvalue weighted by molar-refractivity contribution is 8.01. The molecule has 0 radical (unpaired) electrons. The molecule has 2 amide bonds. The molecule has 26 heavy (non-hydrogen) atoms. The van der Waals surface area contributed by atoms with E-state index in [1.54, 1.807) is 24.3 Å². The van der Waals surface area contributed by atoms with Crippen molar-refractivity contribution in [2.45, 2.75) is 50.1 Å². The zero-order chi connectivity index (χ0) is 18.7. The maximum Gasteiger partial charge on any atom is 0.253 e. The van der Waals surface area contributed by atoms with Gasteiger partial charge in [-0.05, 0) is 44.4 Å². The van der Waals surface area contributed by atoms with Gasteiger partial charge >= 0.3 is 0 Å². The summed E-state index contributed by atoms with van der Waals surface area (Å²) in [5.41, 5.74) is 0.631. The highest BCUT2D eigenvalue weighted by Crippen LogP contribution is 2.39. The third kappa shape index (κ3) is 4.35. The van der Waals surface area contributed by atoms with Crippen LogP contribution in [0.3, 0.4) is 0 Å². The number of rotatable bonds is 4. The van der Waals surface area contributed by atoms with Crippen LogP contribution in [0.1, 0.15) is 43.5 Å². The highest BCUT2D eigenvalue weighted by Gasteiger charge is 2.44. The summed E-state index contributed by atoms with van der Waals surface area (Å²) in [6.45, 7) is 5.46. The van der Waals surface area contributed by atoms with E-state index in [2.05, 4.69) is 17.6 Å². The normalized spacial score (nSPS) is 23.0. The number of nitrogens with zero attached hydrogens (tertiary/aromatic N) is 1. The quantitative estimate of drug-likeness (QED) is 0.822. The number of carbonyl (C=O) groups excluding carboxylic acids is 2. The van der Waals surface area contributed by atoms with E-state index in [9.17, 15) is 9.59 Å². The fourth-order valence-electron chi connectivity index (χ4n) is 3.39. The third-order valence-corrected chi connectivity index (χ3v) is 7.02. The summed E-state index contributed by atoms with van der Waals surface area (Å²) in [6.07, 6.45) is 2.62. The zero-order valence-corrected chi connectivity index (χ0v) is 16.8. The number of hydrogen-bond acceptors (Lipinski definition) is 4. The summed E-state index contributed by atoms with van der Waals surface area (Å²) in [5.74, 6) is 0.891. The van der Waals surface area contributed by atoms with Gasteiger partial charge in [0, 0.05) is 35.5 Å². The van der Waals surface area contributed by atoms with Crippen LogP contribution >= 0.6 is 23.4 Å². The van der Waals surface area contributed by atoms with E-state index in [4.69, 9.17) is 11.6 Å². The van der Waals surface area contributed by atoms with Crippen LogP contribution in [0, 0.1) is 0 Å². The number of nitrogens with one attached hydrogen (secondary N) is 2. The summed E-state index contributed by atoms with van der Waals surface area (Å²) >= 11 is 7.81. The predicted molar refractivity (Wildman–Crippen MR) is 107 cm³/mol. The van der Waals surface area contributed by atoms with Crippen LogP contribution in [0.4, 0.5) is 0 Å². The summed E-state index contributed by atoms with van der Waals surface area (Å²) in [4.78, 5) is 26.8. The Bertz CT molecular complexity index is 677. The molecule has 2 saturated heterocycles. The Balaban J connectivity index is 1.55. The lowest BCUT2D eigenvalue weighted by atomic mass is 10.0. The Morgan fingerprint density at radius 1 is 1.42 bits per heavy atom. The van der Waals surface area contributed by atoms with Crippen molar-refractivity contribution in [1.29, 1.82) is 0 Å². The topological polar surface area (TPSA) is 61.4 Å². The zero-order valence-electron chi connectivity index (χ0n) is 15.3. The molecule has 2 N–H and O–H groups in total. The molecule has 5 nitrogen and oxygen atoms in total. The van der Waals surface area contributed by atoms with Crippen molar-refractivity contribution < 1.29 is 9.59 Å². The maximum absolute atomic E-state index is 12.7. The van der Waals surface area contributed by atoms with Crippen molar-refractivity contribution in [3.05, 3.63) is 34.9 Å². The SMILES string of the molecule is CC[C@@H](C)NC(=O)[C@H]1CSC2(CCN(C(=O)c3cccc(Cl)c3)CC2)N1. The Morgan fingerprint density at radius 2 is 2.15 bits per heavy atom. The molecule has 142 valence electrons. The molecule has 1 spiro atoms. The van der Waals surface area contributed by atoms with Crippen molar-refractivity contribution in [2.24, 2.45) is 0 Å². The molecule has 0 saturated carbocycles. The van der Waals surface area contributed by atoms with Gasteiger partial charge in [0.25, 0.3) is 5.91 Å². The van der Waals surface area contributed by atoms with Crippen LogP contribution in [-0.4, -0.2) is 52.5 Å². The van der Waals surface area contributed by atoms with Gasteiger partial charge in [0.2, 0.25) is 5.91 Å². The Kier molecular flexibility index (Phi) is 6.15. The minimum Gasteiger partial charge on any atom is -0.352 e. The number of amides is 2. The number of piperidine rings is 1. The molecule has 2 aliphatic heterocycles. The van der Waals surface area contributed by atoms with Crippen LogP contribution in [0.5, 0.6) is 0 Å². The third-order valence-electron chi connectivity index (χ3n) is 5.21. The molecule has 7 heteroatoms. The second-order valence-electron chi connectivity index (χ2n) is 7.12. The number of carbonyl (C=O) groups is 2. The van der Waals surface area contributed by atoms with E-state index >= 15 is 0 Å². The molecule has 0 aromatic heterocycles. The summed E-state index contributed by atoms with van der Waals surface area (Å²) in [6, 6.07) is 7.14. The van der Waals surface area contributed by atoms with Gasteiger partial charge < -0.3 is 10.2 Å². The van der Waals surface area contributed by atoms with Gasteiger partial charge in [-0.2, -0.15) is 0 Å². The minimum atomic E-state index is -0.149. The maximum atomic E-state index is 12.7. The van der Waals surface area contributed by atoms with Gasteiger partial charge in [0.15, 0.2) is 0 Å². The van der Waals surface area contributed by atoms with Crippen molar-refractivity contribution >= 4 is 35.2 Å². The lowest BCUT2D eigenvalue weighted by Gasteiger charge is -2.39. The van der Waals surface area contributed by atoms with Gasteiger partial charge in [-0.3, -0.25) is 14.9 Å². The minimum absolute atomic E-state index is 0.0245. The predicted octanol–water partition coefficient (Wildman–Crippen LogP) is 2.89. The highest BCUT2D eigenvalue weighted by atomic mass is 35.5. The van der Waals surface area contributed by atoms with Crippen LogP contribution in [-0.2, 0) is 4.79 Å². The fourth-order valence-corrected chi connectivity index (χ4v) is 5.00. The van der Waals surface area contributed by atoms with Crippen LogP contribution in [0.25, 0.3) is 0 Å². The first-order valence-electron chi connectivity index (χ1n) is 9.19. The lowest BCUT2D eigenvalue weighted by molar-refractivity contribution is -0.123. The first-order valence-corrected chi connectivity index (χ1v) is 10.6. The molecule has 2 atom stereocenters. The molecular weight excluding hydrogens is 370 g/mol. The fraction of sp³-hybridized carbons (Fsp3) is 0.579. The number of benzene rings is 1. The first kappa shape index (κ1) is 19.5. The van der Waals surface area contributed by atoms with Gasteiger partial charge in [-0.1, -0.05) is 24.6 Å². The van der Waals surface area contributed by atoms with Crippen LogP contribution < -0.4 is 10.6 Å². The van der Waals surface area contributed by atoms with Gasteiger partial charge in [-0.25, -0.2) is 0 Å². The second-order valence-corrected chi connectivity index (χ2v) is 8.96. The number of thioether (sulfide) groups is 1. The molecular formula is C19H26ClN3O2S. The Labute approximate surface area is 164 Å². The van der Waals surface area contributed by atoms with E-state index in [1.807, 2.05) is 23.6 Å². The molecule has 0 bridgehead atoms. The standard InChI is InChI=1S/C19H26ClN3O2S/c1-3-13(2)21-17(24)16-12-26-19(22-16)7-9-23(10-8-19)18(25)14-5-4-6-15(20)11-14/h4-6,11,13,16,22H,3,7-10,12H2,1-2H3,(H,21,24)/t13-,16-/m1/s1. The van der Waals surface area contributed by atoms with E-state index in [-0.39, 0.29) is 28.8 Å². The average Bonchev–Trinajstić information content (AvgIpc) is 3.05. The van der Waals surface area contributed by atoms with Crippen molar-refractivity contribution in [3.8, 4) is 0 Å². The Hall–Kier alpha value is -1.24. The van der Waals surface area contributed by atoms with Crippen molar-refractivity contribution in [3.63, 3.8) is 0 Å². The monoisotopic (exact) mass is 395 g/mol. The number of halogens is 1. The van der Waals surface area contributed by atoms with E-state index < -0.39 is 0 Å². The molecule has 3 rings (SSSR count). The summed E-state index contributed by atoms with van der Waals surface area (Å²) in [5, 5.41) is 7.17. The van der Waals surface area contributed by atoms with E-state index in [1.165, 1.54) is 0 Å². The van der Waals surface area contributed by atoms with Gasteiger partial charge in [-0.15, -0.1) is 11.8 Å². The molecule has 2 heterocycles. The van der Waals surface area contributed by atoms with E-state index in [0.29, 0.717) is 23.7 Å². The van der Waals surface area contributed by atoms with Crippen molar-refractivity contribution in [1.82, 2.24) is 15.5 Å².